The van der Waals surface area contributed by atoms with Crippen LogP contribution in [0.5, 0.6) is 0 Å². The van der Waals surface area contributed by atoms with Gasteiger partial charge in [-0.1, -0.05) is 31.4 Å². The van der Waals surface area contributed by atoms with Gasteiger partial charge in [0, 0.05) is 26.0 Å². The van der Waals surface area contributed by atoms with Gasteiger partial charge >= 0.3 is 0 Å². The number of hydrogen-bond acceptors (Lipinski definition) is 3. The largest absolute Gasteiger partial charge is 0.352 e. The fourth-order valence-corrected chi connectivity index (χ4v) is 3.24. The first-order valence-electron chi connectivity index (χ1n) is 8.38. The first-order valence-corrected chi connectivity index (χ1v) is 8.38. The molecule has 0 unspecified atom stereocenters. The summed E-state index contributed by atoms with van der Waals surface area (Å²) >= 11 is 0. The highest BCUT2D eigenvalue weighted by molar-refractivity contribution is 5.38. The molecule has 1 heterocycles. The minimum absolute atomic E-state index is 0.246. The zero-order chi connectivity index (χ0) is 17.6. The lowest BCUT2D eigenvalue weighted by molar-refractivity contribution is -0.106. The average Bonchev–Trinajstić information content (AvgIpc) is 2.55. The van der Waals surface area contributed by atoms with E-state index in [0.29, 0.717) is 0 Å². The van der Waals surface area contributed by atoms with Gasteiger partial charge in [-0.25, -0.2) is 4.98 Å². The Bertz CT molecular complexity index is 668. The molecule has 0 saturated carbocycles. The van der Waals surface area contributed by atoms with Crippen molar-refractivity contribution in [1.29, 1.82) is 0 Å². The number of aromatic nitrogens is 1. The Kier molecular flexibility index (Phi) is 6.36. The third-order valence-corrected chi connectivity index (χ3v) is 4.56. The van der Waals surface area contributed by atoms with Crippen LogP contribution in [0.2, 0.25) is 0 Å². The van der Waals surface area contributed by atoms with E-state index in [1.54, 1.807) is 20.4 Å². The summed E-state index contributed by atoms with van der Waals surface area (Å²) in [6, 6.07) is 3.81. The summed E-state index contributed by atoms with van der Waals surface area (Å²) in [5.74, 6) is 6.17. The fourth-order valence-electron chi connectivity index (χ4n) is 3.24. The number of ether oxygens (including phenoxy) is 2. The molecule has 1 aliphatic carbocycles. The molecule has 0 fully saturated rings. The minimum atomic E-state index is -0.386. The summed E-state index contributed by atoms with van der Waals surface area (Å²) in [7, 11) is 3.21. The van der Waals surface area contributed by atoms with Crippen LogP contribution in [0, 0.1) is 17.3 Å². The molecule has 2 rings (SSSR count). The number of hydrogen-bond donors (Lipinski definition) is 0. The van der Waals surface area contributed by atoms with Crippen molar-refractivity contribution in [2.75, 3.05) is 14.2 Å². The number of rotatable bonds is 4. The van der Waals surface area contributed by atoms with Crippen molar-refractivity contribution in [3.8, 4) is 11.8 Å². The lowest BCUT2D eigenvalue weighted by Gasteiger charge is -2.32. The van der Waals surface area contributed by atoms with Crippen molar-refractivity contribution in [2.45, 2.75) is 46.3 Å². The third kappa shape index (κ3) is 4.56. The van der Waals surface area contributed by atoms with Gasteiger partial charge in [0.1, 0.15) is 5.69 Å². The van der Waals surface area contributed by atoms with E-state index in [0.717, 1.165) is 11.3 Å². The lowest BCUT2D eigenvalue weighted by atomic mass is 9.73. The summed E-state index contributed by atoms with van der Waals surface area (Å²) in [4.78, 5) is 4.34. The van der Waals surface area contributed by atoms with Crippen molar-refractivity contribution in [3.05, 3.63) is 52.9 Å². The number of pyridine rings is 1. The van der Waals surface area contributed by atoms with Crippen LogP contribution in [0.25, 0.3) is 0 Å². The third-order valence-electron chi connectivity index (χ3n) is 4.56. The quantitative estimate of drug-likeness (QED) is 0.588. The van der Waals surface area contributed by atoms with E-state index in [9.17, 15) is 0 Å². The van der Waals surface area contributed by atoms with E-state index >= 15 is 0 Å². The van der Waals surface area contributed by atoms with Crippen LogP contribution >= 0.6 is 0 Å². The Balaban J connectivity index is 2.08. The molecule has 0 bridgehead atoms. The highest BCUT2D eigenvalue weighted by Gasteiger charge is 2.26. The molecule has 3 heteroatoms. The first kappa shape index (κ1) is 18.4. The van der Waals surface area contributed by atoms with Crippen LogP contribution in [0.15, 0.2) is 41.6 Å². The predicted molar refractivity (Wildman–Crippen MR) is 97.3 cm³/mol. The summed E-state index contributed by atoms with van der Waals surface area (Å²) in [6.45, 7) is 6.85. The standard InChI is InChI=1S/C21H27NO2/c1-16-9-8-14-21(2,3)19(16)11-7-6-10-18-13-12-17(15-22-18)20(23-4)24-5/h7,11-13,15,20H,8-9,14H2,1-5H3. The van der Waals surface area contributed by atoms with E-state index in [1.807, 2.05) is 18.2 Å². The molecular weight excluding hydrogens is 298 g/mol. The molecule has 0 saturated heterocycles. The molecular formula is C21H27NO2. The predicted octanol–water partition coefficient (Wildman–Crippen LogP) is 4.81. The van der Waals surface area contributed by atoms with Crippen LogP contribution in [-0.4, -0.2) is 19.2 Å². The molecule has 128 valence electrons. The van der Waals surface area contributed by atoms with Gasteiger partial charge in [0.25, 0.3) is 0 Å². The zero-order valence-corrected chi connectivity index (χ0v) is 15.3. The zero-order valence-electron chi connectivity index (χ0n) is 15.3. The number of nitrogens with zero attached hydrogens (tertiary/aromatic N) is 1. The highest BCUT2D eigenvalue weighted by Crippen LogP contribution is 2.40. The monoisotopic (exact) mass is 325 g/mol. The molecule has 3 nitrogen and oxygen atoms in total. The summed E-state index contributed by atoms with van der Waals surface area (Å²) < 4.78 is 10.4. The molecule has 1 aliphatic rings. The van der Waals surface area contributed by atoms with Crippen LogP contribution in [0.4, 0.5) is 0 Å². The van der Waals surface area contributed by atoms with Gasteiger partial charge in [-0.05, 0) is 61.3 Å². The Morgan fingerprint density at radius 1 is 1.25 bits per heavy atom. The van der Waals surface area contributed by atoms with Crippen LogP contribution in [0.1, 0.15) is 57.6 Å². The Hall–Kier alpha value is -1.89. The van der Waals surface area contributed by atoms with Gasteiger partial charge in [0.05, 0.1) is 0 Å². The highest BCUT2D eigenvalue weighted by atomic mass is 16.7. The van der Waals surface area contributed by atoms with Crippen LogP contribution in [0.3, 0.4) is 0 Å². The second-order valence-corrected chi connectivity index (χ2v) is 6.81. The van der Waals surface area contributed by atoms with E-state index in [4.69, 9.17) is 9.47 Å². The fraction of sp³-hybridized carbons (Fsp3) is 0.476. The molecule has 0 N–H and O–H groups in total. The minimum Gasteiger partial charge on any atom is -0.352 e. The van der Waals surface area contributed by atoms with Gasteiger partial charge in [0.2, 0.25) is 0 Å². The van der Waals surface area contributed by atoms with E-state index < -0.39 is 0 Å². The van der Waals surface area contributed by atoms with E-state index in [2.05, 4.69) is 43.7 Å². The van der Waals surface area contributed by atoms with Gasteiger partial charge < -0.3 is 9.47 Å². The molecule has 24 heavy (non-hydrogen) atoms. The van der Waals surface area contributed by atoms with E-state index in [-0.39, 0.29) is 11.7 Å². The molecule has 1 aromatic rings. The normalized spacial score (nSPS) is 17.2. The molecule has 0 atom stereocenters. The maximum Gasteiger partial charge on any atom is 0.184 e. The number of allylic oxidation sites excluding steroid dienone is 4. The lowest BCUT2D eigenvalue weighted by Crippen LogP contribution is -2.18. The van der Waals surface area contributed by atoms with Crippen molar-refractivity contribution in [2.24, 2.45) is 5.41 Å². The summed E-state index contributed by atoms with van der Waals surface area (Å²) in [5, 5.41) is 0. The second-order valence-electron chi connectivity index (χ2n) is 6.81. The summed E-state index contributed by atoms with van der Waals surface area (Å²) in [6.07, 6.45) is 9.17. The first-order chi connectivity index (χ1) is 11.5. The van der Waals surface area contributed by atoms with Gasteiger partial charge in [-0.15, -0.1) is 0 Å². The van der Waals surface area contributed by atoms with Gasteiger partial charge in [-0.2, -0.15) is 0 Å². The molecule has 0 aromatic carbocycles. The average molecular weight is 325 g/mol. The molecule has 1 aromatic heterocycles. The Labute approximate surface area is 145 Å². The maximum absolute atomic E-state index is 5.21. The van der Waals surface area contributed by atoms with Crippen molar-refractivity contribution >= 4 is 0 Å². The Morgan fingerprint density at radius 2 is 2.00 bits per heavy atom. The Morgan fingerprint density at radius 3 is 2.58 bits per heavy atom. The SMILES string of the molecule is COC(OC)c1ccc(C#CC=CC2=C(C)CCCC2(C)C)nc1. The van der Waals surface area contributed by atoms with E-state index in [1.165, 1.54) is 30.4 Å². The van der Waals surface area contributed by atoms with Gasteiger partial charge in [0.15, 0.2) is 6.29 Å². The van der Waals surface area contributed by atoms with Crippen molar-refractivity contribution < 1.29 is 9.47 Å². The smallest absolute Gasteiger partial charge is 0.184 e. The topological polar surface area (TPSA) is 31.4 Å². The van der Waals surface area contributed by atoms with Crippen molar-refractivity contribution in [3.63, 3.8) is 0 Å². The maximum atomic E-state index is 5.21. The molecule has 0 aliphatic heterocycles. The van der Waals surface area contributed by atoms with Crippen LogP contribution < -0.4 is 0 Å². The van der Waals surface area contributed by atoms with Crippen LogP contribution in [-0.2, 0) is 9.47 Å². The second kappa shape index (κ2) is 8.28. The molecule has 0 spiro atoms. The molecule has 0 amide bonds. The van der Waals surface area contributed by atoms with Gasteiger partial charge in [-0.3, -0.25) is 0 Å². The molecule has 0 radical (unpaired) electrons. The summed E-state index contributed by atoms with van der Waals surface area (Å²) in [5.41, 5.74) is 4.77. The number of methoxy groups -OCH3 is 2. The van der Waals surface area contributed by atoms with Crippen molar-refractivity contribution in [1.82, 2.24) is 4.98 Å².